The van der Waals surface area contributed by atoms with Gasteiger partial charge in [-0.05, 0) is 62.9 Å². The SMILES string of the molecule is CCc1ccc(C(=O)N(CC(=O)N(Cc2ccco2)C[C@H]2CCCO2)C(C)C)cc1. The molecule has 1 aromatic heterocycles. The van der Waals surface area contributed by atoms with Gasteiger partial charge in [0.1, 0.15) is 12.3 Å². The summed E-state index contributed by atoms with van der Waals surface area (Å²) in [6, 6.07) is 11.2. The third kappa shape index (κ3) is 5.72. The van der Waals surface area contributed by atoms with Gasteiger partial charge in [0, 0.05) is 24.8 Å². The number of hydrogen-bond acceptors (Lipinski definition) is 4. The Morgan fingerprint density at radius 1 is 1.17 bits per heavy atom. The minimum absolute atomic E-state index is 0.0272. The Bertz CT molecular complexity index is 808. The molecular formula is C24H32N2O4. The zero-order valence-corrected chi connectivity index (χ0v) is 18.2. The maximum atomic E-state index is 13.2. The van der Waals surface area contributed by atoms with Gasteiger partial charge in [-0.1, -0.05) is 19.1 Å². The van der Waals surface area contributed by atoms with Gasteiger partial charge < -0.3 is 19.0 Å². The summed E-state index contributed by atoms with van der Waals surface area (Å²) in [5, 5.41) is 0. The fourth-order valence-electron chi connectivity index (χ4n) is 3.66. The summed E-state index contributed by atoms with van der Waals surface area (Å²) >= 11 is 0. The van der Waals surface area contributed by atoms with Crippen molar-refractivity contribution < 1.29 is 18.7 Å². The van der Waals surface area contributed by atoms with Gasteiger partial charge >= 0.3 is 0 Å². The van der Waals surface area contributed by atoms with Crippen LogP contribution in [0.2, 0.25) is 0 Å². The fourth-order valence-corrected chi connectivity index (χ4v) is 3.66. The Morgan fingerprint density at radius 2 is 1.93 bits per heavy atom. The van der Waals surface area contributed by atoms with E-state index in [2.05, 4.69) is 6.92 Å². The second kappa shape index (κ2) is 10.4. The minimum Gasteiger partial charge on any atom is -0.467 e. The van der Waals surface area contributed by atoms with Crippen LogP contribution in [0.15, 0.2) is 47.1 Å². The molecule has 6 nitrogen and oxygen atoms in total. The summed E-state index contributed by atoms with van der Waals surface area (Å²) in [5.41, 5.74) is 1.78. The van der Waals surface area contributed by atoms with Crippen LogP contribution in [0.3, 0.4) is 0 Å². The molecule has 0 N–H and O–H groups in total. The lowest BCUT2D eigenvalue weighted by molar-refractivity contribution is -0.134. The molecule has 1 aromatic carbocycles. The first-order valence-corrected chi connectivity index (χ1v) is 10.8. The van der Waals surface area contributed by atoms with Crippen LogP contribution in [0.4, 0.5) is 0 Å². The number of carbonyl (C=O) groups is 2. The first kappa shape index (κ1) is 22.1. The first-order valence-electron chi connectivity index (χ1n) is 10.8. The third-order valence-corrected chi connectivity index (χ3v) is 5.53. The van der Waals surface area contributed by atoms with Crippen LogP contribution < -0.4 is 0 Å². The molecule has 1 fully saturated rings. The number of furan rings is 1. The predicted octanol–water partition coefficient (Wildman–Crippen LogP) is 3.90. The van der Waals surface area contributed by atoms with Crippen LogP contribution in [0.1, 0.15) is 55.3 Å². The molecule has 0 bridgehead atoms. The second-order valence-corrected chi connectivity index (χ2v) is 8.07. The van der Waals surface area contributed by atoms with E-state index < -0.39 is 0 Å². The van der Waals surface area contributed by atoms with E-state index in [1.165, 1.54) is 5.56 Å². The van der Waals surface area contributed by atoms with E-state index in [1.54, 1.807) is 16.1 Å². The Balaban J connectivity index is 1.72. The molecule has 2 aromatic rings. The highest BCUT2D eigenvalue weighted by Gasteiger charge is 2.27. The Kier molecular flexibility index (Phi) is 7.69. The first-order chi connectivity index (χ1) is 14.5. The molecule has 30 heavy (non-hydrogen) atoms. The number of carbonyl (C=O) groups excluding carboxylic acids is 2. The normalized spacial score (nSPS) is 16.1. The monoisotopic (exact) mass is 412 g/mol. The Morgan fingerprint density at radius 3 is 2.50 bits per heavy atom. The molecule has 6 heteroatoms. The zero-order valence-electron chi connectivity index (χ0n) is 18.2. The molecule has 3 rings (SSSR count). The summed E-state index contributed by atoms with van der Waals surface area (Å²) in [5.74, 6) is 0.490. The summed E-state index contributed by atoms with van der Waals surface area (Å²) in [6.45, 7) is 7.59. The smallest absolute Gasteiger partial charge is 0.254 e. The van der Waals surface area contributed by atoms with Crippen molar-refractivity contribution in [3.05, 3.63) is 59.5 Å². The van der Waals surface area contributed by atoms with Crippen LogP contribution in [0.5, 0.6) is 0 Å². The Hall–Kier alpha value is -2.60. The maximum absolute atomic E-state index is 13.2. The van der Waals surface area contributed by atoms with Crippen molar-refractivity contribution in [2.75, 3.05) is 19.7 Å². The largest absolute Gasteiger partial charge is 0.467 e. The molecule has 1 aliphatic rings. The molecule has 0 spiro atoms. The summed E-state index contributed by atoms with van der Waals surface area (Å²) in [7, 11) is 0. The van der Waals surface area contributed by atoms with Crippen molar-refractivity contribution in [1.82, 2.24) is 9.80 Å². The number of nitrogens with zero attached hydrogens (tertiary/aromatic N) is 2. The van der Waals surface area contributed by atoms with Crippen LogP contribution in [-0.2, 0) is 22.5 Å². The van der Waals surface area contributed by atoms with E-state index >= 15 is 0 Å². The van der Waals surface area contributed by atoms with Gasteiger partial charge in [-0.3, -0.25) is 9.59 Å². The van der Waals surface area contributed by atoms with Crippen LogP contribution >= 0.6 is 0 Å². The van der Waals surface area contributed by atoms with Crippen LogP contribution in [0, 0.1) is 0 Å². The number of hydrogen-bond donors (Lipinski definition) is 0. The molecule has 2 amide bonds. The quantitative estimate of drug-likeness (QED) is 0.627. The average molecular weight is 413 g/mol. The van der Waals surface area contributed by atoms with Gasteiger partial charge in [-0.25, -0.2) is 0 Å². The third-order valence-electron chi connectivity index (χ3n) is 5.53. The standard InChI is InChI=1S/C24H32N2O4/c1-4-19-9-11-20(12-10-19)24(28)26(18(2)3)17-23(27)25(15-21-7-5-13-29-21)16-22-8-6-14-30-22/h5,7,9-13,18,22H,4,6,8,14-17H2,1-3H3/t22-/m1/s1. The fraction of sp³-hybridized carbons (Fsp3) is 0.500. The molecule has 1 aliphatic heterocycles. The molecular weight excluding hydrogens is 380 g/mol. The van der Waals surface area contributed by atoms with Crippen LogP contribution in [0.25, 0.3) is 0 Å². The van der Waals surface area contributed by atoms with Crippen molar-refractivity contribution in [3.63, 3.8) is 0 Å². The zero-order chi connectivity index (χ0) is 21.5. The van der Waals surface area contributed by atoms with Gasteiger partial charge in [-0.15, -0.1) is 0 Å². The molecule has 0 saturated carbocycles. The van der Waals surface area contributed by atoms with Crippen LogP contribution in [-0.4, -0.2) is 53.5 Å². The molecule has 0 radical (unpaired) electrons. The number of amides is 2. The van der Waals surface area contributed by atoms with E-state index in [-0.39, 0.29) is 30.5 Å². The van der Waals surface area contributed by atoms with Crippen molar-refractivity contribution >= 4 is 11.8 Å². The topological polar surface area (TPSA) is 63.0 Å². The highest BCUT2D eigenvalue weighted by atomic mass is 16.5. The molecule has 162 valence electrons. The molecule has 1 saturated heterocycles. The number of rotatable bonds is 9. The van der Waals surface area contributed by atoms with Crippen molar-refractivity contribution in [3.8, 4) is 0 Å². The lowest BCUT2D eigenvalue weighted by Gasteiger charge is -2.31. The summed E-state index contributed by atoms with van der Waals surface area (Å²) in [4.78, 5) is 29.7. The number of benzene rings is 1. The van der Waals surface area contributed by atoms with Gasteiger partial charge in [0.05, 0.1) is 18.9 Å². The van der Waals surface area contributed by atoms with E-state index in [0.29, 0.717) is 18.7 Å². The molecule has 1 atom stereocenters. The minimum atomic E-state index is -0.129. The van der Waals surface area contributed by atoms with E-state index in [0.717, 1.165) is 31.6 Å². The summed E-state index contributed by atoms with van der Waals surface area (Å²) in [6.07, 6.45) is 4.52. The van der Waals surface area contributed by atoms with Gasteiger partial charge in [-0.2, -0.15) is 0 Å². The van der Waals surface area contributed by atoms with E-state index in [1.807, 2.05) is 50.2 Å². The molecule has 2 heterocycles. The second-order valence-electron chi connectivity index (χ2n) is 8.07. The van der Waals surface area contributed by atoms with Gasteiger partial charge in [0.2, 0.25) is 5.91 Å². The lowest BCUT2D eigenvalue weighted by atomic mass is 10.1. The van der Waals surface area contributed by atoms with Gasteiger partial charge in [0.25, 0.3) is 5.91 Å². The van der Waals surface area contributed by atoms with Crippen molar-refractivity contribution in [2.24, 2.45) is 0 Å². The molecule has 0 aliphatic carbocycles. The highest BCUT2D eigenvalue weighted by molar-refractivity contribution is 5.96. The highest BCUT2D eigenvalue weighted by Crippen LogP contribution is 2.17. The molecule has 0 unspecified atom stereocenters. The number of aryl methyl sites for hydroxylation is 1. The van der Waals surface area contributed by atoms with E-state index in [9.17, 15) is 9.59 Å². The van der Waals surface area contributed by atoms with Crippen molar-refractivity contribution in [2.45, 2.75) is 58.7 Å². The van der Waals surface area contributed by atoms with E-state index in [4.69, 9.17) is 9.15 Å². The maximum Gasteiger partial charge on any atom is 0.254 e. The van der Waals surface area contributed by atoms with Gasteiger partial charge in [0.15, 0.2) is 0 Å². The number of ether oxygens (including phenoxy) is 1. The average Bonchev–Trinajstić information content (AvgIpc) is 3.45. The summed E-state index contributed by atoms with van der Waals surface area (Å²) < 4.78 is 11.2. The predicted molar refractivity (Wildman–Crippen MR) is 115 cm³/mol. The van der Waals surface area contributed by atoms with Crippen molar-refractivity contribution in [1.29, 1.82) is 0 Å². The lowest BCUT2D eigenvalue weighted by Crippen LogP contribution is -2.47. The Labute approximate surface area is 178 Å².